The summed E-state index contributed by atoms with van der Waals surface area (Å²) in [5, 5.41) is 2.98. The number of benzene rings is 1. The van der Waals surface area contributed by atoms with E-state index in [9.17, 15) is 9.18 Å². The average molecular weight is 298 g/mol. The van der Waals surface area contributed by atoms with Crippen LogP contribution in [0.1, 0.15) is 41.1 Å². The summed E-state index contributed by atoms with van der Waals surface area (Å²) >= 11 is 0. The highest BCUT2D eigenvalue weighted by molar-refractivity contribution is 5.94. The summed E-state index contributed by atoms with van der Waals surface area (Å²) in [6.45, 7) is 0.553. The van der Waals surface area contributed by atoms with Crippen molar-refractivity contribution in [2.75, 3.05) is 6.54 Å². The Kier molecular flexibility index (Phi) is 4.47. The van der Waals surface area contributed by atoms with Crippen LogP contribution in [0.15, 0.2) is 48.7 Å². The quantitative estimate of drug-likeness (QED) is 0.829. The molecule has 0 radical (unpaired) electrons. The van der Waals surface area contributed by atoms with Crippen molar-refractivity contribution in [1.29, 1.82) is 0 Å². The molecule has 4 heteroatoms. The molecule has 1 aliphatic carbocycles. The van der Waals surface area contributed by atoms with Gasteiger partial charge in [0, 0.05) is 24.2 Å². The van der Waals surface area contributed by atoms with E-state index in [1.807, 2.05) is 18.2 Å². The molecule has 0 spiro atoms. The van der Waals surface area contributed by atoms with Gasteiger partial charge in [0.15, 0.2) is 0 Å². The lowest BCUT2D eigenvalue weighted by Crippen LogP contribution is -2.28. The lowest BCUT2D eigenvalue weighted by Gasteiger charge is -2.17. The number of hydrogen-bond donors (Lipinski definition) is 1. The summed E-state index contributed by atoms with van der Waals surface area (Å²) in [4.78, 5) is 15.9. The lowest BCUT2D eigenvalue weighted by molar-refractivity contribution is 0.0950. The van der Waals surface area contributed by atoms with Crippen LogP contribution in [0.3, 0.4) is 0 Å². The zero-order valence-corrected chi connectivity index (χ0v) is 12.3. The lowest BCUT2D eigenvalue weighted by atomic mass is 9.94. The van der Waals surface area contributed by atoms with Gasteiger partial charge in [0.2, 0.25) is 5.95 Å². The number of carbonyl (C=O) groups excluding carboxylic acids is 1. The summed E-state index contributed by atoms with van der Waals surface area (Å²) in [5.41, 5.74) is 1.64. The monoisotopic (exact) mass is 298 g/mol. The fraction of sp³-hybridized carbons (Fsp3) is 0.333. The molecule has 1 fully saturated rings. The normalized spacial score (nSPS) is 15.3. The molecule has 0 bridgehead atoms. The minimum absolute atomic E-state index is 0.0727. The fourth-order valence-corrected chi connectivity index (χ4v) is 2.63. The molecule has 0 saturated heterocycles. The zero-order chi connectivity index (χ0) is 15.4. The van der Waals surface area contributed by atoms with Crippen molar-refractivity contribution in [2.24, 2.45) is 5.92 Å². The molecule has 1 unspecified atom stereocenters. The largest absolute Gasteiger partial charge is 0.351 e. The van der Waals surface area contributed by atoms with E-state index in [4.69, 9.17) is 0 Å². The van der Waals surface area contributed by atoms with Crippen molar-refractivity contribution in [3.8, 4) is 0 Å². The molecule has 114 valence electrons. The van der Waals surface area contributed by atoms with E-state index in [0.29, 0.717) is 12.1 Å². The van der Waals surface area contributed by atoms with Crippen molar-refractivity contribution in [1.82, 2.24) is 10.3 Å². The molecular formula is C18H19FN2O. The number of pyridine rings is 1. The first kappa shape index (κ1) is 14.7. The summed E-state index contributed by atoms with van der Waals surface area (Å²) in [5.74, 6) is 0.371. The van der Waals surface area contributed by atoms with Gasteiger partial charge in [-0.25, -0.2) is 4.98 Å². The Labute approximate surface area is 129 Å². The Morgan fingerprint density at radius 3 is 2.64 bits per heavy atom. The Hall–Kier alpha value is -2.23. The second-order valence-electron chi connectivity index (χ2n) is 5.87. The number of nitrogens with zero attached hydrogens (tertiary/aromatic N) is 1. The number of hydrogen-bond acceptors (Lipinski definition) is 2. The van der Waals surface area contributed by atoms with Gasteiger partial charge in [-0.2, -0.15) is 4.39 Å². The predicted octanol–water partition coefficient (Wildman–Crippen LogP) is 3.53. The van der Waals surface area contributed by atoms with Crippen LogP contribution < -0.4 is 5.32 Å². The van der Waals surface area contributed by atoms with Crippen LogP contribution in [-0.4, -0.2) is 17.4 Å². The third kappa shape index (κ3) is 3.91. The van der Waals surface area contributed by atoms with Gasteiger partial charge in [-0.05, 0) is 36.1 Å². The van der Waals surface area contributed by atoms with Gasteiger partial charge in [-0.15, -0.1) is 0 Å². The SMILES string of the molecule is O=C(NCC(CC1CC1)c1ccc(F)nc1)c1ccccc1. The number of rotatable bonds is 6. The number of halogens is 1. The van der Waals surface area contributed by atoms with Gasteiger partial charge in [-0.3, -0.25) is 4.79 Å². The summed E-state index contributed by atoms with van der Waals surface area (Å²) in [6.07, 6.45) is 5.09. The molecular weight excluding hydrogens is 279 g/mol. The highest BCUT2D eigenvalue weighted by Crippen LogP contribution is 2.38. The summed E-state index contributed by atoms with van der Waals surface area (Å²) in [7, 11) is 0. The van der Waals surface area contributed by atoms with Gasteiger partial charge in [-0.1, -0.05) is 37.1 Å². The Balaban J connectivity index is 1.65. The van der Waals surface area contributed by atoms with Gasteiger partial charge >= 0.3 is 0 Å². The standard InChI is InChI=1S/C18H19FN2O/c19-17-9-8-15(11-20-17)16(10-13-6-7-13)12-21-18(22)14-4-2-1-3-5-14/h1-5,8-9,11,13,16H,6-7,10,12H2,(H,21,22). The maximum atomic E-state index is 13.0. The molecule has 3 nitrogen and oxygen atoms in total. The van der Waals surface area contributed by atoms with Gasteiger partial charge in [0.1, 0.15) is 0 Å². The highest BCUT2D eigenvalue weighted by atomic mass is 19.1. The van der Waals surface area contributed by atoms with Crippen LogP contribution in [-0.2, 0) is 0 Å². The summed E-state index contributed by atoms with van der Waals surface area (Å²) in [6, 6.07) is 12.3. The molecule has 2 aromatic rings. The third-order valence-electron chi connectivity index (χ3n) is 4.08. The summed E-state index contributed by atoms with van der Waals surface area (Å²) < 4.78 is 13.0. The number of amides is 1. The van der Waals surface area contributed by atoms with E-state index in [1.54, 1.807) is 24.4 Å². The predicted molar refractivity (Wildman–Crippen MR) is 83.1 cm³/mol. The van der Waals surface area contributed by atoms with Crippen molar-refractivity contribution >= 4 is 5.91 Å². The van der Waals surface area contributed by atoms with E-state index in [1.165, 1.54) is 18.9 Å². The molecule has 1 aliphatic rings. The molecule has 1 aromatic heterocycles. The number of carbonyl (C=O) groups is 1. The Morgan fingerprint density at radius 2 is 2.00 bits per heavy atom. The average Bonchev–Trinajstić information content (AvgIpc) is 3.37. The topological polar surface area (TPSA) is 42.0 Å². The third-order valence-corrected chi connectivity index (χ3v) is 4.08. The molecule has 1 amide bonds. The van der Waals surface area contributed by atoms with Gasteiger partial charge < -0.3 is 5.32 Å². The molecule has 1 saturated carbocycles. The first-order valence-electron chi connectivity index (χ1n) is 7.67. The first-order valence-corrected chi connectivity index (χ1v) is 7.67. The minimum Gasteiger partial charge on any atom is -0.351 e. The molecule has 22 heavy (non-hydrogen) atoms. The minimum atomic E-state index is -0.470. The van der Waals surface area contributed by atoms with E-state index in [0.717, 1.165) is 17.9 Å². The zero-order valence-electron chi connectivity index (χ0n) is 12.3. The van der Waals surface area contributed by atoms with Crippen molar-refractivity contribution in [2.45, 2.75) is 25.2 Å². The van der Waals surface area contributed by atoms with Crippen LogP contribution in [0.5, 0.6) is 0 Å². The molecule has 1 N–H and O–H groups in total. The smallest absolute Gasteiger partial charge is 0.251 e. The number of aromatic nitrogens is 1. The van der Waals surface area contributed by atoms with Gasteiger partial charge in [0.25, 0.3) is 5.91 Å². The van der Waals surface area contributed by atoms with Crippen LogP contribution in [0.2, 0.25) is 0 Å². The molecule has 1 heterocycles. The molecule has 1 atom stereocenters. The van der Waals surface area contributed by atoms with Crippen LogP contribution in [0, 0.1) is 11.9 Å². The van der Waals surface area contributed by atoms with Crippen LogP contribution in [0.4, 0.5) is 4.39 Å². The molecule has 1 aromatic carbocycles. The van der Waals surface area contributed by atoms with Crippen molar-refractivity contribution in [3.05, 3.63) is 65.7 Å². The van der Waals surface area contributed by atoms with Gasteiger partial charge in [0.05, 0.1) is 0 Å². The maximum absolute atomic E-state index is 13.0. The number of nitrogens with one attached hydrogen (secondary N) is 1. The van der Waals surface area contributed by atoms with E-state index in [2.05, 4.69) is 10.3 Å². The van der Waals surface area contributed by atoms with Crippen LogP contribution >= 0.6 is 0 Å². The fourth-order valence-electron chi connectivity index (χ4n) is 2.63. The van der Waals surface area contributed by atoms with E-state index >= 15 is 0 Å². The second kappa shape index (κ2) is 6.69. The van der Waals surface area contributed by atoms with Crippen LogP contribution in [0.25, 0.3) is 0 Å². The highest BCUT2D eigenvalue weighted by Gasteiger charge is 2.26. The second-order valence-corrected chi connectivity index (χ2v) is 5.87. The Bertz CT molecular complexity index is 623. The maximum Gasteiger partial charge on any atom is 0.251 e. The molecule has 3 rings (SSSR count). The Morgan fingerprint density at radius 1 is 1.23 bits per heavy atom. The molecule has 0 aliphatic heterocycles. The van der Waals surface area contributed by atoms with Crippen molar-refractivity contribution < 1.29 is 9.18 Å². The van der Waals surface area contributed by atoms with E-state index < -0.39 is 5.95 Å². The van der Waals surface area contributed by atoms with E-state index in [-0.39, 0.29) is 11.8 Å². The van der Waals surface area contributed by atoms with Crippen molar-refractivity contribution in [3.63, 3.8) is 0 Å². The first-order chi connectivity index (χ1) is 10.7.